The second-order valence-corrected chi connectivity index (χ2v) is 7.72. The van der Waals surface area contributed by atoms with Gasteiger partial charge in [0.25, 0.3) is 5.56 Å². The van der Waals surface area contributed by atoms with Gasteiger partial charge in [-0.05, 0) is 0 Å². The molecule has 19 heavy (non-hydrogen) atoms. The van der Waals surface area contributed by atoms with E-state index in [9.17, 15) is 4.79 Å². The van der Waals surface area contributed by atoms with Crippen molar-refractivity contribution in [3.8, 4) is 5.75 Å². The van der Waals surface area contributed by atoms with Crippen LogP contribution in [-0.4, -0.2) is 10.2 Å². The number of aryl methyl sites for hydroxylation is 1. The molecule has 1 aromatic heterocycles. The average Bonchev–Trinajstić information content (AvgIpc) is 2.56. The van der Waals surface area contributed by atoms with Crippen LogP contribution in [0.5, 0.6) is 5.75 Å². The fraction of sp³-hybridized carbons (Fsp3) is 0.688. The molecule has 0 bridgehead atoms. The van der Waals surface area contributed by atoms with E-state index in [2.05, 4.69) is 41.5 Å². The van der Waals surface area contributed by atoms with E-state index in [1.165, 1.54) is 0 Å². The van der Waals surface area contributed by atoms with Gasteiger partial charge < -0.3 is 9.30 Å². The smallest absolute Gasteiger partial charge is 0.250 e. The number of pyridine rings is 1. The largest absolute Gasteiger partial charge is 0.484 e. The molecule has 0 spiro atoms. The van der Waals surface area contributed by atoms with Gasteiger partial charge in [0.2, 0.25) is 0 Å². The number of nitrogens with zero attached hydrogens (tertiary/aromatic N) is 1. The summed E-state index contributed by atoms with van der Waals surface area (Å²) in [6.07, 6.45) is 2.61. The third-order valence-electron chi connectivity index (χ3n) is 4.42. The quantitative estimate of drug-likeness (QED) is 0.720. The molecule has 0 saturated heterocycles. The minimum absolute atomic E-state index is 0.00805. The number of hydrogen-bond acceptors (Lipinski definition) is 2. The van der Waals surface area contributed by atoms with Gasteiger partial charge in [0.15, 0.2) is 0 Å². The van der Waals surface area contributed by atoms with Crippen LogP contribution in [0.3, 0.4) is 0 Å². The van der Waals surface area contributed by atoms with Crippen molar-refractivity contribution in [2.75, 3.05) is 0 Å². The van der Waals surface area contributed by atoms with Gasteiger partial charge in [-0.2, -0.15) is 0 Å². The van der Waals surface area contributed by atoms with Crippen molar-refractivity contribution in [1.82, 2.24) is 4.57 Å². The van der Waals surface area contributed by atoms with Crippen LogP contribution in [0.4, 0.5) is 0 Å². The molecule has 0 atom stereocenters. The normalized spacial score (nSPS) is 18.1. The molecule has 2 rings (SSSR count). The summed E-state index contributed by atoms with van der Waals surface area (Å²) in [5.74, 6) is 0.854. The Kier molecular flexibility index (Phi) is 2.89. The van der Waals surface area contributed by atoms with Gasteiger partial charge in [-0.25, -0.2) is 0 Å². The number of hydrogen-bond donors (Lipinski definition) is 0. The molecule has 0 radical (unpaired) electrons. The van der Waals surface area contributed by atoms with Crippen LogP contribution in [0.2, 0.25) is 0 Å². The Morgan fingerprint density at radius 1 is 1.16 bits per heavy atom. The number of rotatable bonds is 0. The Labute approximate surface area is 115 Å². The van der Waals surface area contributed by atoms with E-state index >= 15 is 0 Å². The lowest BCUT2D eigenvalue weighted by Crippen LogP contribution is -2.56. The van der Waals surface area contributed by atoms with Gasteiger partial charge in [0, 0.05) is 42.1 Å². The lowest BCUT2D eigenvalue weighted by molar-refractivity contribution is -0.0988. The lowest BCUT2D eigenvalue weighted by Gasteiger charge is -2.50. The maximum Gasteiger partial charge on any atom is 0.250 e. The van der Waals surface area contributed by atoms with Crippen LogP contribution in [0, 0.1) is 10.8 Å². The third kappa shape index (κ3) is 1.99. The summed E-state index contributed by atoms with van der Waals surface area (Å²) in [7, 11) is 1.76. The topological polar surface area (TPSA) is 31.2 Å². The first-order valence-corrected chi connectivity index (χ1v) is 6.86. The van der Waals surface area contributed by atoms with Gasteiger partial charge >= 0.3 is 0 Å². The molecule has 106 valence electrons. The van der Waals surface area contributed by atoms with E-state index in [0.717, 1.165) is 17.7 Å². The molecule has 0 unspecified atom stereocenters. The zero-order chi connectivity index (χ0) is 14.6. The van der Waals surface area contributed by atoms with E-state index in [1.807, 2.05) is 6.20 Å². The fourth-order valence-corrected chi connectivity index (χ4v) is 3.33. The van der Waals surface area contributed by atoms with Crippen molar-refractivity contribution in [3.05, 3.63) is 28.2 Å². The first-order valence-electron chi connectivity index (χ1n) is 6.86. The van der Waals surface area contributed by atoms with E-state index < -0.39 is 0 Å². The molecule has 3 heteroatoms. The van der Waals surface area contributed by atoms with Crippen LogP contribution in [-0.2, 0) is 13.5 Å². The van der Waals surface area contributed by atoms with E-state index in [1.54, 1.807) is 17.7 Å². The molecule has 3 nitrogen and oxygen atoms in total. The van der Waals surface area contributed by atoms with E-state index in [-0.39, 0.29) is 22.0 Å². The fourth-order valence-electron chi connectivity index (χ4n) is 3.33. The molecule has 1 aliphatic heterocycles. The monoisotopic (exact) mass is 263 g/mol. The summed E-state index contributed by atoms with van der Waals surface area (Å²) in [5, 5.41) is 0. The van der Waals surface area contributed by atoms with Crippen molar-refractivity contribution in [1.29, 1.82) is 0 Å². The van der Waals surface area contributed by atoms with Crippen LogP contribution in [0.15, 0.2) is 17.1 Å². The maximum atomic E-state index is 11.8. The summed E-state index contributed by atoms with van der Waals surface area (Å²) >= 11 is 0. The molecule has 0 N–H and O–H groups in total. The first kappa shape index (κ1) is 14.2. The second kappa shape index (κ2) is 3.87. The average molecular weight is 263 g/mol. The lowest BCUT2D eigenvalue weighted by atomic mass is 9.61. The molecular formula is C16H25NO2. The highest BCUT2D eigenvalue weighted by atomic mass is 16.5. The van der Waals surface area contributed by atoms with Crippen molar-refractivity contribution in [2.24, 2.45) is 17.9 Å². The highest BCUT2D eigenvalue weighted by Gasteiger charge is 2.56. The highest BCUT2D eigenvalue weighted by Crippen LogP contribution is 2.53. The van der Waals surface area contributed by atoms with Gasteiger partial charge in [-0.1, -0.05) is 41.5 Å². The Balaban J connectivity index is 2.58. The standard InChI is InChI=1S/C16H25NO2/c1-14(2,3)16(15(4,5)6)9-11-8-13(18)17(7)10-12(11)19-16/h8,10H,9H2,1-7H3. The molecule has 0 fully saturated rings. The van der Waals surface area contributed by atoms with Crippen LogP contribution in [0.1, 0.15) is 47.1 Å². The minimum Gasteiger partial charge on any atom is -0.484 e. The van der Waals surface area contributed by atoms with Gasteiger partial charge in [-0.15, -0.1) is 0 Å². The maximum absolute atomic E-state index is 11.8. The molecule has 2 heterocycles. The summed E-state index contributed by atoms with van der Waals surface area (Å²) in [6.45, 7) is 13.3. The van der Waals surface area contributed by atoms with Crippen LogP contribution < -0.4 is 10.3 Å². The summed E-state index contributed by atoms with van der Waals surface area (Å²) in [6, 6.07) is 1.72. The SMILES string of the molecule is Cn1cc2c(cc1=O)CC(C(C)(C)C)(C(C)(C)C)O2. The molecular weight excluding hydrogens is 238 g/mol. The zero-order valence-corrected chi connectivity index (χ0v) is 13.1. The van der Waals surface area contributed by atoms with Crippen LogP contribution in [0.25, 0.3) is 0 Å². The van der Waals surface area contributed by atoms with E-state index in [0.29, 0.717) is 0 Å². The molecule has 0 aliphatic carbocycles. The number of fused-ring (bicyclic) bond motifs is 1. The first-order chi connectivity index (χ1) is 8.48. The highest BCUT2D eigenvalue weighted by molar-refractivity contribution is 5.39. The molecule has 0 amide bonds. The Morgan fingerprint density at radius 3 is 2.16 bits per heavy atom. The summed E-state index contributed by atoms with van der Waals surface area (Å²) in [5.41, 5.74) is 0.759. The van der Waals surface area contributed by atoms with Crippen LogP contribution >= 0.6 is 0 Å². The predicted molar refractivity (Wildman–Crippen MR) is 77.7 cm³/mol. The Bertz CT molecular complexity index is 542. The number of aromatic nitrogens is 1. The minimum atomic E-state index is -0.289. The Morgan fingerprint density at radius 2 is 1.68 bits per heavy atom. The second-order valence-electron chi connectivity index (χ2n) is 7.72. The molecule has 0 aromatic carbocycles. The molecule has 0 saturated carbocycles. The van der Waals surface area contributed by atoms with Gasteiger partial charge in [-0.3, -0.25) is 4.79 Å². The van der Waals surface area contributed by atoms with Gasteiger partial charge in [0.05, 0.1) is 0 Å². The molecule has 1 aromatic rings. The summed E-state index contributed by atoms with van der Waals surface area (Å²) in [4.78, 5) is 11.8. The number of ether oxygens (including phenoxy) is 1. The van der Waals surface area contributed by atoms with Crippen molar-refractivity contribution in [3.63, 3.8) is 0 Å². The third-order valence-corrected chi connectivity index (χ3v) is 4.42. The predicted octanol–water partition coefficient (Wildman–Crippen LogP) is 3.15. The van der Waals surface area contributed by atoms with E-state index in [4.69, 9.17) is 4.74 Å². The summed E-state index contributed by atoms with van der Waals surface area (Å²) < 4.78 is 7.98. The van der Waals surface area contributed by atoms with Crippen molar-refractivity contribution >= 4 is 0 Å². The zero-order valence-electron chi connectivity index (χ0n) is 13.1. The van der Waals surface area contributed by atoms with Crippen molar-refractivity contribution in [2.45, 2.75) is 53.6 Å². The van der Waals surface area contributed by atoms with Crippen molar-refractivity contribution < 1.29 is 4.74 Å². The molecule has 1 aliphatic rings. The van der Waals surface area contributed by atoms with Gasteiger partial charge in [0.1, 0.15) is 11.4 Å². The Hall–Kier alpha value is -1.25.